The van der Waals surface area contributed by atoms with Crippen molar-refractivity contribution in [3.63, 3.8) is 0 Å². The van der Waals surface area contributed by atoms with Gasteiger partial charge in [0.25, 0.3) is 0 Å². The molecular formula is C12H23BrO2. The highest BCUT2D eigenvalue weighted by atomic mass is 79.9. The van der Waals surface area contributed by atoms with Gasteiger partial charge in [-0.2, -0.15) is 0 Å². The number of halogens is 1. The Labute approximate surface area is 102 Å². The molecule has 15 heavy (non-hydrogen) atoms. The zero-order valence-corrected chi connectivity index (χ0v) is 11.5. The molecule has 1 atom stereocenters. The molecule has 0 bridgehead atoms. The monoisotopic (exact) mass is 278 g/mol. The molecule has 1 fully saturated rings. The predicted molar refractivity (Wildman–Crippen MR) is 66.6 cm³/mol. The minimum absolute atomic E-state index is 0.216. The van der Waals surface area contributed by atoms with Crippen LogP contribution in [0.3, 0.4) is 0 Å². The van der Waals surface area contributed by atoms with Crippen LogP contribution in [0.2, 0.25) is 0 Å². The van der Waals surface area contributed by atoms with Crippen LogP contribution >= 0.6 is 15.9 Å². The van der Waals surface area contributed by atoms with E-state index in [2.05, 4.69) is 22.9 Å². The van der Waals surface area contributed by atoms with Crippen molar-refractivity contribution in [2.24, 2.45) is 5.41 Å². The zero-order chi connectivity index (χ0) is 11.1. The highest BCUT2D eigenvalue weighted by molar-refractivity contribution is 9.09. The fourth-order valence-electron chi connectivity index (χ4n) is 2.22. The van der Waals surface area contributed by atoms with E-state index in [0.29, 0.717) is 12.0 Å². The highest BCUT2D eigenvalue weighted by Crippen LogP contribution is 2.38. The van der Waals surface area contributed by atoms with Gasteiger partial charge in [0.1, 0.15) is 0 Å². The van der Waals surface area contributed by atoms with Gasteiger partial charge in [0.15, 0.2) is 0 Å². The first kappa shape index (κ1) is 13.5. The lowest BCUT2D eigenvalue weighted by atomic mass is 9.76. The third kappa shape index (κ3) is 4.41. The minimum atomic E-state index is 0.216. The van der Waals surface area contributed by atoms with E-state index >= 15 is 0 Å². The lowest BCUT2D eigenvalue weighted by Gasteiger charge is -2.36. The van der Waals surface area contributed by atoms with Crippen LogP contribution in [0.4, 0.5) is 0 Å². The molecule has 2 nitrogen and oxygen atoms in total. The van der Waals surface area contributed by atoms with Crippen LogP contribution in [0.5, 0.6) is 0 Å². The van der Waals surface area contributed by atoms with Crippen LogP contribution < -0.4 is 0 Å². The van der Waals surface area contributed by atoms with E-state index < -0.39 is 0 Å². The number of hydrogen-bond donors (Lipinski definition) is 0. The van der Waals surface area contributed by atoms with Crippen LogP contribution in [0.15, 0.2) is 0 Å². The Bertz CT molecular complexity index is 167. The second kappa shape index (κ2) is 6.87. The number of methoxy groups -OCH3 is 1. The molecule has 1 aliphatic rings. The normalized spacial score (nSPS) is 22.6. The molecule has 3 heteroatoms. The molecule has 0 amide bonds. The van der Waals surface area contributed by atoms with Crippen LogP contribution in [-0.4, -0.2) is 31.8 Å². The highest BCUT2D eigenvalue weighted by Gasteiger charge is 2.31. The molecule has 0 aliphatic heterocycles. The Morgan fingerprint density at radius 1 is 1.27 bits per heavy atom. The van der Waals surface area contributed by atoms with Gasteiger partial charge in [-0.1, -0.05) is 35.2 Å². The molecule has 0 aromatic heterocycles. The van der Waals surface area contributed by atoms with E-state index in [4.69, 9.17) is 9.47 Å². The van der Waals surface area contributed by atoms with Crippen LogP contribution in [0.25, 0.3) is 0 Å². The third-order valence-electron chi connectivity index (χ3n) is 3.27. The summed E-state index contributed by atoms with van der Waals surface area (Å²) in [5, 5.41) is 1.07. The van der Waals surface area contributed by atoms with Gasteiger partial charge in [-0.25, -0.2) is 0 Å². The quantitative estimate of drug-likeness (QED) is 0.694. The van der Waals surface area contributed by atoms with Gasteiger partial charge < -0.3 is 9.47 Å². The fourth-order valence-corrected chi connectivity index (χ4v) is 2.94. The van der Waals surface area contributed by atoms with E-state index in [0.717, 1.165) is 11.9 Å². The van der Waals surface area contributed by atoms with Crippen molar-refractivity contribution in [1.82, 2.24) is 0 Å². The van der Waals surface area contributed by atoms with E-state index in [9.17, 15) is 0 Å². The Hall–Kier alpha value is 0.400. The summed E-state index contributed by atoms with van der Waals surface area (Å²) < 4.78 is 10.9. The van der Waals surface area contributed by atoms with Crippen molar-refractivity contribution in [3.8, 4) is 0 Å². The van der Waals surface area contributed by atoms with E-state index in [1.54, 1.807) is 7.11 Å². The zero-order valence-electron chi connectivity index (χ0n) is 9.93. The molecule has 0 aromatic carbocycles. The average molecular weight is 279 g/mol. The van der Waals surface area contributed by atoms with Gasteiger partial charge in [-0.3, -0.25) is 0 Å². The number of hydrogen-bond acceptors (Lipinski definition) is 2. The molecule has 1 rings (SSSR count). The summed E-state index contributed by atoms with van der Waals surface area (Å²) in [5.74, 6) is 0. The predicted octanol–water partition coefficient (Wildman–Crippen LogP) is 3.38. The summed E-state index contributed by atoms with van der Waals surface area (Å²) in [5.41, 5.74) is 0.389. The van der Waals surface area contributed by atoms with Gasteiger partial charge in [-0.15, -0.1) is 0 Å². The molecule has 0 aromatic rings. The van der Waals surface area contributed by atoms with E-state index in [-0.39, 0.29) is 6.10 Å². The van der Waals surface area contributed by atoms with Crippen molar-refractivity contribution in [1.29, 1.82) is 0 Å². The minimum Gasteiger partial charge on any atom is -0.382 e. The summed E-state index contributed by atoms with van der Waals surface area (Å²) in [6.45, 7) is 3.65. The van der Waals surface area contributed by atoms with Crippen molar-refractivity contribution in [2.45, 2.75) is 45.1 Å². The molecule has 0 N–H and O–H groups in total. The molecule has 0 spiro atoms. The second-order valence-electron chi connectivity index (χ2n) is 4.77. The first-order valence-corrected chi connectivity index (χ1v) is 7.01. The summed E-state index contributed by atoms with van der Waals surface area (Å²) in [6, 6.07) is 0. The molecule has 1 aliphatic carbocycles. The maximum absolute atomic E-state index is 5.86. The Morgan fingerprint density at radius 2 is 1.93 bits per heavy atom. The van der Waals surface area contributed by atoms with Crippen molar-refractivity contribution in [2.75, 3.05) is 25.7 Å². The Balaban J connectivity index is 2.32. The second-order valence-corrected chi connectivity index (χ2v) is 5.33. The Kier molecular flexibility index (Phi) is 6.17. The molecule has 1 saturated carbocycles. The SMILES string of the molecule is COCC(C)OCC1(CBr)CCCCC1. The summed E-state index contributed by atoms with van der Waals surface area (Å²) in [4.78, 5) is 0. The Morgan fingerprint density at radius 3 is 2.47 bits per heavy atom. The van der Waals surface area contributed by atoms with Crippen molar-refractivity contribution in [3.05, 3.63) is 0 Å². The lowest BCUT2D eigenvalue weighted by molar-refractivity contribution is -0.0372. The summed E-state index contributed by atoms with van der Waals surface area (Å²) >= 11 is 3.65. The third-order valence-corrected chi connectivity index (χ3v) is 4.46. The lowest BCUT2D eigenvalue weighted by Crippen LogP contribution is -2.33. The van der Waals surface area contributed by atoms with Crippen LogP contribution in [-0.2, 0) is 9.47 Å². The molecular weight excluding hydrogens is 256 g/mol. The number of alkyl halides is 1. The number of rotatable bonds is 6. The van der Waals surface area contributed by atoms with Crippen molar-refractivity contribution < 1.29 is 9.47 Å². The average Bonchev–Trinajstić information content (AvgIpc) is 2.28. The maximum atomic E-state index is 5.86. The van der Waals surface area contributed by atoms with Crippen LogP contribution in [0.1, 0.15) is 39.0 Å². The van der Waals surface area contributed by atoms with Gasteiger partial charge in [0.05, 0.1) is 19.3 Å². The first-order valence-electron chi connectivity index (χ1n) is 5.89. The largest absolute Gasteiger partial charge is 0.382 e. The van der Waals surface area contributed by atoms with E-state index in [1.165, 1.54) is 32.1 Å². The summed E-state index contributed by atoms with van der Waals surface area (Å²) in [7, 11) is 1.72. The van der Waals surface area contributed by atoms with Gasteiger partial charge in [-0.05, 0) is 19.8 Å². The van der Waals surface area contributed by atoms with Crippen LogP contribution in [0, 0.1) is 5.41 Å². The molecule has 0 saturated heterocycles. The topological polar surface area (TPSA) is 18.5 Å². The number of ether oxygens (including phenoxy) is 2. The summed E-state index contributed by atoms with van der Waals surface area (Å²) in [6.07, 6.45) is 6.92. The fraction of sp³-hybridized carbons (Fsp3) is 1.00. The smallest absolute Gasteiger partial charge is 0.0780 e. The van der Waals surface area contributed by atoms with Gasteiger partial charge in [0.2, 0.25) is 0 Å². The van der Waals surface area contributed by atoms with Gasteiger partial charge in [0, 0.05) is 17.9 Å². The molecule has 90 valence electrons. The van der Waals surface area contributed by atoms with Crippen molar-refractivity contribution >= 4 is 15.9 Å². The van der Waals surface area contributed by atoms with Gasteiger partial charge >= 0.3 is 0 Å². The molecule has 0 heterocycles. The first-order chi connectivity index (χ1) is 7.22. The maximum Gasteiger partial charge on any atom is 0.0780 e. The molecule has 1 unspecified atom stereocenters. The molecule has 0 radical (unpaired) electrons. The standard InChI is InChI=1S/C12H23BrO2/c1-11(8-14-2)15-10-12(9-13)6-4-3-5-7-12/h11H,3-10H2,1-2H3. The van der Waals surface area contributed by atoms with E-state index in [1.807, 2.05) is 0 Å².